The maximum absolute atomic E-state index is 2.55. The van der Waals surface area contributed by atoms with Crippen molar-refractivity contribution in [2.24, 2.45) is 11.8 Å². The van der Waals surface area contributed by atoms with Crippen molar-refractivity contribution < 1.29 is 0 Å². The lowest BCUT2D eigenvalue weighted by Gasteiger charge is -2.37. The molecule has 0 aliphatic carbocycles. The van der Waals surface area contributed by atoms with Gasteiger partial charge in [0, 0.05) is 12.1 Å². The van der Waals surface area contributed by atoms with E-state index < -0.39 is 0 Å². The van der Waals surface area contributed by atoms with E-state index in [1.165, 1.54) is 19.3 Å². The SMILES string of the molecule is CC1CC(C)CC(C)N(C)C(C)C1. The molecular formula is C12H25N. The molecule has 0 aromatic heterocycles. The Morgan fingerprint density at radius 3 is 1.54 bits per heavy atom. The highest BCUT2D eigenvalue weighted by molar-refractivity contribution is 4.78. The summed E-state index contributed by atoms with van der Waals surface area (Å²) in [5.74, 6) is 1.81. The molecule has 0 spiro atoms. The van der Waals surface area contributed by atoms with Gasteiger partial charge in [-0.25, -0.2) is 0 Å². The Bertz CT molecular complexity index is 139. The Labute approximate surface area is 83.5 Å². The predicted octanol–water partition coefficient (Wildman–Crippen LogP) is 3.15. The minimum absolute atomic E-state index is 0.762. The van der Waals surface area contributed by atoms with Crippen LogP contribution in [0.2, 0.25) is 0 Å². The van der Waals surface area contributed by atoms with Crippen LogP contribution >= 0.6 is 0 Å². The first-order chi connectivity index (χ1) is 6.00. The summed E-state index contributed by atoms with van der Waals surface area (Å²) in [6, 6.07) is 1.52. The molecule has 0 bridgehead atoms. The van der Waals surface area contributed by atoms with Gasteiger partial charge in [-0.15, -0.1) is 0 Å². The maximum atomic E-state index is 2.55. The molecule has 0 saturated carbocycles. The molecule has 1 aliphatic rings. The molecule has 1 fully saturated rings. The summed E-state index contributed by atoms with van der Waals surface area (Å²) in [5.41, 5.74) is 0. The molecule has 1 aliphatic heterocycles. The minimum atomic E-state index is 0.762. The van der Waals surface area contributed by atoms with Crippen LogP contribution in [-0.4, -0.2) is 24.0 Å². The lowest BCUT2D eigenvalue weighted by Crippen LogP contribution is -2.40. The van der Waals surface area contributed by atoms with Crippen molar-refractivity contribution in [3.05, 3.63) is 0 Å². The molecule has 1 heteroatoms. The normalized spacial score (nSPS) is 44.1. The van der Waals surface area contributed by atoms with Crippen LogP contribution in [0, 0.1) is 11.8 Å². The third kappa shape index (κ3) is 2.98. The van der Waals surface area contributed by atoms with E-state index in [9.17, 15) is 0 Å². The second-order valence-corrected chi connectivity index (χ2v) is 5.28. The van der Waals surface area contributed by atoms with Crippen molar-refractivity contribution >= 4 is 0 Å². The molecule has 4 unspecified atom stereocenters. The number of nitrogens with zero attached hydrogens (tertiary/aromatic N) is 1. The van der Waals surface area contributed by atoms with Gasteiger partial charge >= 0.3 is 0 Å². The van der Waals surface area contributed by atoms with Crippen LogP contribution in [0.25, 0.3) is 0 Å². The highest BCUT2D eigenvalue weighted by Crippen LogP contribution is 2.27. The van der Waals surface area contributed by atoms with Gasteiger partial charge in [0.05, 0.1) is 0 Å². The van der Waals surface area contributed by atoms with Crippen LogP contribution in [0.3, 0.4) is 0 Å². The van der Waals surface area contributed by atoms with E-state index >= 15 is 0 Å². The lowest BCUT2D eigenvalue weighted by molar-refractivity contribution is 0.122. The van der Waals surface area contributed by atoms with E-state index in [0.29, 0.717) is 0 Å². The number of likely N-dealkylation sites (tertiary alicyclic amines) is 1. The van der Waals surface area contributed by atoms with Crippen molar-refractivity contribution in [1.82, 2.24) is 4.90 Å². The van der Waals surface area contributed by atoms with E-state index in [0.717, 1.165) is 23.9 Å². The molecule has 4 atom stereocenters. The zero-order chi connectivity index (χ0) is 10.0. The van der Waals surface area contributed by atoms with Gasteiger partial charge in [-0.05, 0) is 52.0 Å². The highest BCUT2D eigenvalue weighted by Gasteiger charge is 2.24. The highest BCUT2D eigenvalue weighted by atomic mass is 15.1. The third-order valence-electron chi connectivity index (χ3n) is 3.68. The summed E-state index contributed by atoms with van der Waals surface area (Å²) in [6.45, 7) is 9.53. The molecule has 1 rings (SSSR count). The van der Waals surface area contributed by atoms with Crippen molar-refractivity contribution in [3.8, 4) is 0 Å². The van der Waals surface area contributed by atoms with Crippen LogP contribution in [0.4, 0.5) is 0 Å². The standard InChI is InChI=1S/C12H25N/c1-9-6-10(2)8-12(4)13(5)11(3)7-9/h9-12H,6-8H2,1-5H3. The summed E-state index contributed by atoms with van der Waals surface area (Å²) in [5, 5.41) is 0. The second kappa shape index (κ2) is 4.45. The average Bonchev–Trinajstić information content (AvgIpc) is 2.00. The first kappa shape index (κ1) is 11.0. The molecule has 0 radical (unpaired) electrons. The van der Waals surface area contributed by atoms with Crippen molar-refractivity contribution in [1.29, 1.82) is 0 Å². The van der Waals surface area contributed by atoms with Crippen LogP contribution < -0.4 is 0 Å². The van der Waals surface area contributed by atoms with Crippen LogP contribution in [0.5, 0.6) is 0 Å². The van der Waals surface area contributed by atoms with Gasteiger partial charge in [0.15, 0.2) is 0 Å². The van der Waals surface area contributed by atoms with E-state index in [-0.39, 0.29) is 0 Å². The fraction of sp³-hybridized carbons (Fsp3) is 1.00. The van der Waals surface area contributed by atoms with E-state index in [1.54, 1.807) is 0 Å². The van der Waals surface area contributed by atoms with E-state index in [4.69, 9.17) is 0 Å². The minimum Gasteiger partial charge on any atom is -0.301 e. The second-order valence-electron chi connectivity index (χ2n) is 5.28. The van der Waals surface area contributed by atoms with Crippen molar-refractivity contribution in [2.75, 3.05) is 7.05 Å². The molecule has 78 valence electrons. The molecule has 0 amide bonds. The zero-order valence-corrected chi connectivity index (χ0v) is 9.88. The molecule has 0 aromatic rings. The number of rotatable bonds is 0. The maximum Gasteiger partial charge on any atom is 0.00692 e. The molecular weight excluding hydrogens is 158 g/mol. The first-order valence-electron chi connectivity index (χ1n) is 5.72. The van der Waals surface area contributed by atoms with E-state index in [1.807, 2.05) is 0 Å². The molecule has 1 saturated heterocycles. The van der Waals surface area contributed by atoms with E-state index in [2.05, 4.69) is 39.6 Å². The van der Waals surface area contributed by atoms with Crippen LogP contribution in [0.1, 0.15) is 47.0 Å². The van der Waals surface area contributed by atoms with Gasteiger partial charge in [-0.2, -0.15) is 0 Å². The Morgan fingerprint density at radius 1 is 0.769 bits per heavy atom. The molecule has 13 heavy (non-hydrogen) atoms. The zero-order valence-electron chi connectivity index (χ0n) is 9.88. The fourth-order valence-electron chi connectivity index (χ4n) is 2.81. The van der Waals surface area contributed by atoms with Crippen molar-refractivity contribution in [2.45, 2.75) is 59.0 Å². The largest absolute Gasteiger partial charge is 0.301 e. The molecule has 0 aromatic carbocycles. The number of hydrogen-bond donors (Lipinski definition) is 0. The van der Waals surface area contributed by atoms with Gasteiger partial charge in [0.1, 0.15) is 0 Å². The molecule has 0 N–H and O–H groups in total. The molecule has 1 heterocycles. The first-order valence-corrected chi connectivity index (χ1v) is 5.72. The van der Waals surface area contributed by atoms with Gasteiger partial charge in [0.25, 0.3) is 0 Å². The van der Waals surface area contributed by atoms with Gasteiger partial charge in [-0.1, -0.05) is 13.8 Å². The van der Waals surface area contributed by atoms with Gasteiger partial charge in [-0.3, -0.25) is 0 Å². The Hall–Kier alpha value is -0.0400. The summed E-state index contributed by atoms with van der Waals surface area (Å²) < 4.78 is 0. The summed E-state index contributed by atoms with van der Waals surface area (Å²) >= 11 is 0. The van der Waals surface area contributed by atoms with Crippen molar-refractivity contribution in [3.63, 3.8) is 0 Å². The summed E-state index contributed by atoms with van der Waals surface area (Å²) in [7, 11) is 2.28. The Morgan fingerprint density at radius 2 is 1.15 bits per heavy atom. The van der Waals surface area contributed by atoms with Crippen LogP contribution in [-0.2, 0) is 0 Å². The smallest absolute Gasteiger partial charge is 0.00692 e. The van der Waals surface area contributed by atoms with Gasteiger partial charge in [0.2, 0.25) is 0 Å². The average molecular weight is 183 g/mol. The Balaban J connectivity index is 2.59. The summed E-state index contributed by atoms with van der Waals surface area (Å²) in [6.07, 6.45) is 4.15. The summed E-state index contributed by atoms with van der Waals surface area (Å²) in [4.78, 5) is 2.55. The molecule has 1 nitrogen and oxygen atoms in total. The number of hydrogen-bond acceptors (Lipinski definition) is 1. The third-order valence-corrected chi connectivity index (χ3v) is 3.68. The predicted molar refractivity (Wildman–Crippen MR) is 58.9 cm³/mol. The topological polar surface area (TPSA) is 3.24 Å². The Kier molecular flexibility index (Phi) is 3.78. The monoisotopic (exact) mass is 183 g/mol. The quantitative estimate of drug-likeness (QED) is 0.557. The lowest BCUT2D eigenvalue weighted by atomic mass is 9.85. The fourth-order valence-corrected chi connectivity index (χ4v) is 2.81. The van der Waals surface area contributed by atoms with Crippen LogP contribution in [0.15, 0.2) is 0 Å². The van der Waals surface area contributed by atoms with Gasteiger partial charge < -0.3 is 4.90 Å².